The number of rotatable bonds is 5. The van der Waals surface area contributed by atoms with Gasteiger partial charge in [-0.1, -0.05) is 0 Å². The number of hydrogen-bond donors (Lipinski definition) is 3. The Bertz CT molecular complexity index is 447. The van der Waals surface area contributed by atoms with Crippen molar-refractivity contribution in [2.45, 2.75) is 44.6 Å². The van der Waals surface area contributed by atoms with Crippen molar-refractivity contribution in [2.75, 3.05) is 0 Å². The van der Waals surface area contributed by atoms with Crippen LogP contribution in [0.2, 0.25) is 0 Å². The molecule has 0 aromatic heterocycles. The highest BCUT2D eigenvalue weighted by Crippen LogP contribution is 2.56. The lowest BCUT2D eigenvalue weighted by Crippen LogP contribution is -2.54. The molecule has 0 aliphatic heterocycles. The predicted octanol–water partition coefficient (Wildman–Crippen LogP) is 1.10. The van der Waals surface area contributed by atoms with Crippen molar-refractivity contribution in [3.05, 3.63) is 0 Å². The molecule has 4 aliphatic rings. The van der Waals surface area contributed by atoms with Gasteiger partial charge in [0.05, 0.1) is 6.42 Å². The van der Waals surface area contributed by atoms with Crippen LogP contribution in [0.5, 0.6) is 0 Å². The molecular weight excluding hydrogens is 274 g/mol. The summed E-state index contributed by atoms with van der Waals surface area (Å²) in [5.41, 5.74) is 0. The molecule has 1 unspecified atom stereocenters. The van der Waals surface area contributed by atoms with E-state index in [1.165, 1.54) is 6.42 Å². The number of carbonyl (C=O) groups is 3. The lowest BCUT2D eigenvalue weighted by atomic mass is 9.51. The largest absolute Gasteiger partial charge is 0.481 e. The van der Waals surface area contributed by atoms with Crippen molar-refractivity contribution in [2.24, 2.45) is 29.6 Å². The van der Waals surface area contributed by atoms with E-state index in [-0.39, 0.29) is 11.8 Å². The Labute approximate surface area is 122 Å². The van der Waals surface area contributed by atoms with Gasteiger partial charge in [-0.15, -0.1) is 0 Å². The predicted molar refractivity (Wildman–Crippen MR) is 72.4 cm³/mol. The molecule has 4 fully saturated rings. The van der Waals surface area contributed by atoms with Gasteiger partial charge < -0.3 is 15.5 Å². The van der Waals surface area contributed by atoms with Gasteiger partial charge in [0.1, 0.15) is 6.04 Å². The van der Waals surface area contributed by atoms with E-state index >= 15 is 0 Å². The molecule has 6 nitrogen and oxygen atoms in total. The molecule has 21 heavy (non-hydrogen) atoms. The lowest BCUT2D eigenvalue weighted by Gasteiger charge is -2.53. The molecule has 6 heteroatoms. The van der Waals surface area contributed by atoms with Crippen molar-refractivity contribution >= 4 is 17.8 Å². The fourth-order valence-corrected chi connectivity index (χ4v) is 5.00. The summed E-state index contributed by atoms with van der Waals surface area (Å²) in [4.78, 5) is 34.2. The van der Waals surface area contributed by atoms with Crippen LogP contribution in [0.1, 0.15) is 38.5 Å². The molecule has 4 bridgehead atoms. The van der Waals surface area contributed by atoms with Gasteiger partial charge in [0.15, 0.2) is 0 Å². The molecule has 3 N–H and O–H groups in total. The molecule has 4 aliphatic carbocycles. The minimum atomic E-state index is -1.33. The number of aliphatic carboxylic acids is 2. The van der Waals surface area contributed by atoms with Crippen molar-refractivity contribution < 1.29 is 24.6 Å². The van der Waals surface area contributed by atoms with Crippen molar-refractivity contribution in [1.29, 1.82) is 0 Å². The fraction of sp³-hybridized carbons (Fsp3) is 0.800. The first-order valence-electron chi connectivity index (χ1n) is 7.69. The van der Waals surface area contributed by atoms with Crippen LogP contribution in [0.25, 0.3) is 0 Å². The number of hydrogen-bond acceptors (Lipinski definition) is 3. The van der Waals surface area contributed by atoms with Crippen LogP contribution >= 0.6 is 0 Å². The zero-order valence-corrected chi connectivity index (χ0v) is 11.8. The van der Waals surface area contributed by atoms with Gasteiger partial charge in [0.2, 0.25) is 5.91 Å². The molecule has 0 radical (unpaired) electrons. The van der Waals surface area contributed by atoms with Crippen molar-refractivity contribution in [1.82, 2.24) is 5.32 Å². The number of carboxylic acids is 2. The Morgan fingerprint density at radius 2 is 1.48 bits per heavy atom. The first kappa shape index (κ1) is 14.4. The molecular formula is C15H21NO5. The molecule has 116 valence electrons. The molecule has 0 heterocycles. The molecule has 1 amide bonds. The topological polar surface area (TPSA) is 104 Å². The monoisotopic (exact) mass is 295 g/mol. The summed E-state index contributed by atoms with van der Waals surface area (Å²) in [6, 6.07) is -1.33. The molecule has 0 aromatic rings. The van der Waals surface area contributed by atoms with E-state index in [9.17, 15) is 14.4 Å². The van der Waals surface area contributed by atoms with Crippen LogP contribution in [0.4, 0.5) is 0 Å². The zero-order valence-electron chi connectivity index (χ0n) is 11.8. The van der Waals surface area contributed by atoms with Crippen LogP contribution in [0.3, 0.4) is 0 Å². The maximum atomic E-state index is 12.5. The van der Waals surface area contributed by atoms with Gasteiger partial charge in [-0.25, -0.2) is 4.79 Å². The third kappa shape index (κ3) is 2.76. The van der Waals surface area contributed by atoms with E-state index in [2.05, 4.69) is 5.32 Å². The molecule has 1 atom stereocenters. The molecule has 0 saturated heterocycles. The van der Waals surface area contributed by atoms with E-state index in [0.717, 1.165) is 37.5 Å². The normalized spacial score (nSPS) is 38.0. The SMILES string of the molecule is O=C(O)CC(NC(=O)C1C2CC3CC(C2)CC1C3)C(=O)O. The second-order valence-electron chi connectivity index (χ2n) is 6.95. The quantitative estimate of drug-likeness (QED) is 0.704. The van der Waals surface area contributed by atoms with Crippen LogP contribution in [-0.4, -0.2) is 34.1 Å². The Balaban J connectivity index is 1.67. The number of nitrogens with one attached hydrogen (secondary N) is 1. The average molecular weight is 295 g/mol. The minimum absolute atomic E-state index is 0.117. The summed E-state index contributed by atoms with van der Waals surface area (Å²) in [6.07, 6.45) is 5.00. The van der Waals surface area contributed by atoms with Gasteiger partial charge in [0, 0.05) is 5.92 Å². The summed E-state index contributed by atoms with van der Waals surface area (Å²) < 4.78 is 0. The molecule has 4 saturated carbocycles. The van der Waals surface area contributed by atoms with Gasteiger partial charge >= 0.3 is 11.9 Å². The van der Waals surface area contributed by atoms with E-state index < -0.39 is 24.4 Å². The minimum Gasteiger partial charge on any atom is -0.481 e. The van der Waals surface area contributed by atoms with E-state index in [0.29, 0.717) is 11.8 Å². The fourth-order valence-electron chi connectivity index (χ4n) is 5.00. The van der Waals surface area contributed by atoms with Crippen LogP contribution in [0, 0.1) is 29.6 Å². The second kappa shape index (κ2) is 5.31. The summed E-state index contributed by atoms with van der Waals surface area (Å²) in [7, 11) is 0. The smallest absolute Gasteiger partial charge is 0.326 e. The van der Waals surface area contributed by atoms with Crippen LogP contribution < -0.4 is 5.32 Å². The Hall–Kier alpha value is -1.59. The molecule has 0 aromatic carbocycles. The average Bonchev–Trinajstić information content (AvgIpc) is 2.35. The molecule has 4 rings (SSSR count). The maximum Gasteiger partial charge on any atom is 0.326 e. The summed E-state index contributed by atoms with van der Waals surface area (Å²) in [5, 5.41) is 20.2. The highest BCUT2D eigenvalue weighted by atomic mass is 16.4. The number of carboxylic acid groups (broad SMARTS) is 2. The summed E-state index contributed by atoms with van der Waals surface area (Å²) >= 11 is 0. The second-order valence-corrected chi connectivity index (χ2v) is 6.95. The lowest BCUT2D eigenvalue weighted by molar-refractivity contribution is -0.150. The summed E-state index contributed by atoms with van der Waals surface area (Å²) in [6.45, 7) is 0. The van der Waals surface area contributed by atoms with Crippen LogP contribution in [0.15, 0.2) is 0 Å². The Morgan fingerprint density at radius 3 is 1.90 bits per heavy atom. The highest BCUT2D eigenvalue weighted by Gasteiger charge is 2.51. The van der Waals surface area contributed by atoms with Crippen molar-refractivity contribution in [3.63, 3.8) is 0 Å². The number of amides is 1. The third-order valence-electron chi connectivity index (χ3n) is 5.52. The molecule has 0 spiro atoms. The van der Waals surface area contributed by atoms with Gasteiger partial charge in [0.25, 0.3) is 0 Å². The Morgan fingerprint density at radius 1 is 0.952 bits per heavy atom. The number of carbonyl (C=O) groups excluding carboxylic acids is 1. The summed E-state index contributed by atoms with van der Waals surface area (Å²) in [5.74, 6) is -0.661. The van der Waals surface area contributed by atoms with E-state index in [4.69, 9.17) is 10.2 Å². The first-order valence-corrected chi connectivity index (χ1v) is 7.69. The highest BCUT2D eigenvalue weighted by molar-refractivity contribution is 5.88. The van der Waals surface area contributed by atoms with Gasteiger partial charge in [-0.3, -0.25) is 9.59 Å². The van der Waals surface area contributed by atoms with Gasteiger partial charge in [-0.2, -0.15) is 0 Å². The Kier molecular flexibility index (Phi) is 3.63. The van der Waals surface area contributed by atoms with E-state index in [1.54, 1.807) is 0 Å². The first-order chi connectivity index (χ1) is 9.94. The van der Waals surface area contributed by atoms with E-state index in [1.807, 2.05) is 0 Å². The van der Waals surface area contributed by atoms with Gasteiger partial charge in [-0.05, 0) is 55.8 Å². The third-order valence-corrected chi connectivity index (χ3v) is 5.52. The maximum absolute atomic E-state index is 12.5. The van der Waals surface area contributed by atoms with Crippen molar-refractivity contribution in [3.8, 4) is 0 Å². The van der Waals surface area contributed by atoms with Crippen LogP contribution in [-0.2, 0) is 14.4 Å². The standard InChI is InChI=1S/C15H21NO5/c17-12(18)6-11(15(20)21)16-14(19)13-9-2-7-1-8(4-9)5-10(13)3-7/h7-11,13H,1-6H2,(H,16,19)(H,17,18)(H,20,21). The zero-order chi connectivity index (χ0) is 15.1.